The van der Waals surface area contributed by atoms with Gasteiger partial charge in [-0.05, 0) is 42.0 Å². The van der Waals surface area contributed by atoms with E-state index < -0.39 is 6.23 Å². The lowest BCUT2D eigenvalue weighted by Crippen LogP contribution is -2.34. The van der Waals surface area contributed by atoms with Gasteiger partial charge in [0.1, 0.15) is 11.6 Å². The Bertz CT molecular complexity index is 1090. The van der Waals surface area contributed by atoms with Crippen LogP contribution in [-0.4, -0.2) is 10.7 Å². The van der Waals surface area contributed by atoms with Crippen LogP contribution in [0.25, 0.3) is 0 Å². The topological polar surface area (TPSA) is 24.8 Å². The largest absolute Gasteiger partial charge is 0.464 e. The Balaban J connectivity index is 1.64. The average molecular weight is 458 g/mol. The van der Waals surface area contributed by atoms with Crippen molar-refractivity contribution >= 4 is 33.2 Å². The van der Waals surface area contributed by atoms with E-state index in [1.54, 1.807) is 6.07 Å². The third kappa shape index (κ3) is 2.99. The van der Waals surface area contributed by atoms with Crippen LogP contribution >= 0.6 is 27.5 Å². The molecule has 28 heavy (non-hydrogen) atoms. The van der Waals surface area contributed by atoms with Gasteiger partial charge in [-0.1, -0.05) is 57.9 Å². The lowest BCUT2D eigenvalue weighted by molar-refractivity contribution is -0.0191. The SMILES string of the molecule is Fc1ccc(Cl)c([C@@H]2Oc3ccc(Br)cc3[C@H]3CC(c4ccccc4)=NN32)c1. The van der Waals surface area contributed by atoms with Crippen molar-refractivity contribution in [1.29, 1.82) is 0 Å². The molecule has 0 spiro atoms. The normalized spacial score (nSPS) is 20.2. The van der Waals surface area contributed by atoms with Gasteiger partial charge in [0.05, 0.1) is 11.8 Å². The maximum Gasteiger partial charge on any atom is 0.215 e. The van der Waals surface area contributed by atoms with E-state index >= 15 is 0 Å². The van der Waals surface area contributed by atoms with Gasteiger partial charge in [0.25, 0.3) is 0 Å². The van der Waals surface area contributed by atoms with Crippen molar-refractivity contribution < 1.29 is 9.13 Å². The Kier molecular flexibility index (Phi) is 4.37. The van der Waals surface area contributed by atoms with Crippen LogP contribution in [-0.2, 0) is 0 Å². The molecule has 0 fully saturated rings. The van der Waals surface area contributed by atoms with Gasteiger partial charge in [0.15, 0.2) is 0 Å². The minimum atomic E-state index is -0.594. The van der Waals surface area contributed by atoms with Crippen LogP contribution in [0.5, 0.6) is 5.75 Å². The second-order valence-corrected chi connectivity index (χ2v) is 8.15. The number of halogens is 3. The van der Waals surface area contributed by atoms with Crippen molar-refractivity contribution in [2.45, 2.75) is 18.7 Å². The first-order chi connectivity index (χ1) is 13.6. The van der Waals surface area contributed by atoms with Crippen LogP contribution in [0.3, 0.4) is 0 Å². The molecule has 2 aliphatic rings. The molecule has 2 aliphatic heterocycles. The Morgan fingerprint density at radius 3 is 2.68 bits per heavy atom. The molecule has 3 aromatic carbocycles. The predicted octanol–water partition coefficient (Wildman–Crippen LogP) is 6.48. The Morgan fingerprint density at radius 1 is 1.04 bits per heavy atom. The van der Waals surface area contributed by atoms with Gasteiger partial charge in [-0.15, -0.1) is 0 Å². The number of hydrogen-bond donors (Lipinski definition) is 0. The first-order valence-corrected chi connectivity index (χ1v) is 10.1. The smallest absolute Gasteiger partial charge is 0.215 e. The Labute approximate surface area is 175 Å². The molecule has 5 rings (SSSR count). The number of fused-ring (bicyclic) bond motifs is 3. The number of ether oxygens (including phenoxy) is 1. The third-order valence-corrected chi connectivity index (χ3v) is 5.92. The Morgan fingerprint density at radius 2 is 1.86 bits per heavy atom. The number of rotatable bonds is 2. The number of hydrogen-bond acceptors (Lipinski definition) is 3. The fourth-order valence-electron chi connectivity index (χ4n) is 3.77. The van der Waals surface area contributed by atoms with Crippen molar-refractivity contribution in [1.82, 2.24) is 5.01 Å². The molecule has 2 heterocycles. The van der Waals surface area contributed by atoms with Crippen molar-refractivity contribution in [3.8, 4) is 5.75 Å². The highest BCUT2D eigenvalue weighted by atomic mass is 79.9. The van der Waals surface area contributed by atoms with Crippen LogP contribution in [0.1, 0.15) is 35.4 Å². The summed E-state index contributed by atoms with van der Waals surface area (Å²) >= 11 is 9.94. The first-order valence-electron chi connectivity index (χ1n) is 8.92. The van der Waals surface area contributed by atoms with Crippen LogP contribution < -0.4 is 4.74 Å². The zero-order chi connectivity index (χ0) is 19.3. The van der Waals surface area contributed by atoms with E-state index in [2.05, 4.69) is 22.0 Å². The third-order valence-electron chi connectivity index (χ3n) is 5.08. The Hall–Kier alpha value is -2.37. The van der Waals surface area contributed by atoms with Gasteiger partial charge in [-0.25, -0.2) is 9.40 Å². The molecule has 3 aromatic rings. The highest BCUT2D eigenvalue weighted by molar-refractivity contribution is 9.10. The van der Waals surface area contributed by atoms with E-state index in [-0.39, 0.29) is 11.9 Å². The maximum absolute atomic E-state index is 14.0. The molecular weight excluding hydrogens is 443 g/mol. The molecule has 0 aliphatic carbocycles. The molecule has 0 N–H and O–H groups in total. The lowest BCUT2D eigenvalue weighted by atomic mass is 9.96. The summed E-state index contributed by atoms with van der Waals surface area (Å²) < 4.78 is 21.2. The van der Waals surface area contributed by atoms with Gasteiger partial charge >= 0.3 is 0 Å². The molecule has 6 heteroatoms. The molecule has 2 atom stereocenters. The van der Waals surface area contributed by atoms with E-state index in [0.29, 0.717) is 10.6 Å². The molecule has 0 amide bonds. The quantitative estimate of drug-likeness (QED) is 0.440. The van der Waals surface area contributed by atoms with E-state index in [9.17, 15) is 4.39 Å². The average Bonchev–Trinajstić information content (AvgIpc) is 3.16. The number of benzene rings is 3. The summed E-state index contributed by atoms with van der Waals surface area (Å²) in [6.07, 6.45) is 0.142. The molecular formula is C22H15BrClFN2O. The summed E-state index contributed by atoms with van der Waals surface area (Å²) in [5.41, 5.74) is 3.66. The van der Waals surface area contributed by atoms with Crippen molar-refractivity contribution in [3.63, 3.8) is 0 Å². The van der Waals surface area contributed by atoms with Crippen molar-refractivity contribution in [3.05, 3.63) is 98.7 Å². The second-order valence-electron chi connectivity index (χ2n) is 6.83. The maximum atomic E-state index is 14.0. The lowest BCUT2D eigenvalue weighted by Gasteiger charge is -2.38. The molecule has 0 unspecified atom stereocenters. The van der Waals surface area contributed by atoms with Gasteiger partial charge in [-0.2, -0.15) is 5.10 Å². The zero-order valence-corrected chi connectivity index (χ0v) is 17.0. The van der Waals surface area contributed by atoms with Crippen LogP contribution in [0.4, 0.5) is 4.39 Å². The minimum absolute atomic E-state index is 0.0132. The van der Waals surface area contributed by atoms with Crippen LogP contribution in [0, 0.1) is 5.82 Å². The molecule has 0 aromatic heterocycles. The van der Waals surface area contributed by atoms with Gasteiger partial charge in [0.2, 0.25) is 6.23 Å². The summed E-state index contributed by atoms with van der Waals surface area (Å²) in [5, 5.41) is 7.22. The number of hydrazone groups is 1. The standard InChI is InChI=1S/C22H15BrClFN2O/c23-14-6-9-21-17(10-14)20-12-19(13-4-2-1-3-5-13)26-27(20)22(28-21)16-11-15(25)7-8-18(16)24/h1-11,20,22H,12H2/t20-,22+/m1/s1. The summed E-state index contributed by atoms with van der Waals surface area (Å²) in [5.74, 6) is 0.409. The molecule has 0 bridgehead atoms. The van der Waals surface area contributed by atoms with E-state index in [4.69, 9.17) is 21.4 Å². The van der Waals surface area contributed by atoms with Crippen molar-refractivity contribution in [2.24, 2.45) is 5.10 Å². The molecule has 0 radical (unpaired) electrons. The molecule has 0 saturated heterocycles. The summed E-state index contributed by atoms with van der Waals surface area (Å²) in [4.78, 5) is 0. The van der Waals surface area contributed by atoms with Crippen molar-refractivity contribution in [2.75, 3.05) is 0 Å². The van der Waals surface area contributed by atoms with E-state index in [0.717, 1.165) is 33.5 Å². The summed E-state index contributed by atoms with van der Waals surface area (Å²) in [7, 11) is 0. The molecule has 140 valence electrons. The molecule has 3 nitrogen and oxygen atoms in total. The molecule has 0 saturated carbocycles. The van der Waals surface area contributed by atoms with Crippen LogP contribution in [0.15, 0.2) is 76.3 Å². The van der Waals surface area contributed by atoms with Gasteiger partial charge < -0.3 is 4.74 Å². The highest BCUT2D eigenvalue weighted by Crippen LogP contribution is 2.49. The van der Waals surface area contributed by atoms with Crippen LogP contribution in [0.2, 0.25) is 5.02 Å². The van der Waals surface area contributed by atoms with E-state index in [1.165, 1.54) is 12.1 Å². The summed E-state index contributed by atoms with van der Waals surface area (Å²) in [6.45, 7) is 0. The van der Waals surface area contributed by atoms with Gasteiger partial charge in [0, 0.05) is 27.0 Å². The zero-order valence-electron chi connectivity index (χ0n) is 14.6. The minimum Gasteiger partial charge on any atom is -0.464 e. The summed E-state index contributed by atoms with van der Waals surface area (Å²) in [6, 6.07) is 20.3. The predicted molar refractivity (Wildman–Crippen MR) is 111 cm³/mol. The van der Waals surface area contributed by atoms with E-state index in [1.807, 2.05) is 47.5 Å². The van der Waals surface area contributed by atoms with Gasteiger partial charge in [-0.3, -0.25) is 0 Å². The fraction of sp³-hybridized carbons (Fsp3) is 0.136. The highest BCUT2D eigenvalue weighted by Gasteiger charge is 2.41. The first kappa shape index (κ1) is 17.7. The monoisotopic (exact) mass is 456 g/mol. The second kappa shape index (κ2) is 6.90. The fourth-order valence-corrected chi connectivity index (χ4v) is 4.36. The number of nitrogens with zero attached hydrogens (tertiary/aromatic N) is 2.